The summed E-state index contributed by atoms with van der Waals surface area (Å²) in [6, 6.07) is 10.3. The van der Waals surface area contributed by atoms with Gasteiger partial charge in [-0.2, -0.15) is 22.0 Å². The molecule has 0 heterocycles. The van der Waals surface area contributed by atoms with Crippen molar-refractivity contribution in [3.63, 3.8) is 0 Å². The van der Waals surface area contributed by atoms with Crippen molar-refractivity contribution < 1.29 is 58.2 Å². The number of alkyl halides is 8. The smallest absolute Gasteiger partial charge is 0.417 e. The van der Waals surface area contributed by atoms with Crippen LogP contribution in [0, 0.1) is 11.7 Å². The van der Waals surface area contributed by atoms with Crippen LogP contribution in [0.25, 0.3) is 0 Å². The lowest BCUT2D eigenvalue weighted by atomic mass is 9.75. The Morgan fingerprint density at radius 2 is 1.62 bits per heavy atom. The van der Waals surface area contributed by atoms with E-state index >= 15 is 4.39 Å². The Labute approximate surface area is 250 Å². The topological polar surface area (TPSA) is 47.6 Å². The molecule has 4 atom stereocenters. The molecule has 3 unspecified atom stereocenters. The zero-order valence-corrected chi connectivity index (χ0v) is 23.2. The van der Waals surface area contributed by atoms with E-state index in [4.69, 9.17) is 4.74 Å². The van der Waals surface area contributed by atoms with Crippen molar-refractivity contribution in [1.29, 1.82) is 0 Å². The Morgan fingerprint density at radius 3 is 2.20 bits per heavy atom. The second-order valence-electron chi connectivity index (χ2n) is 10.3. The molecular formula is C31H25F10NO3. The summed E-state index contributed by atoms with van der Waals surface area (Å²) in [5.41, 5.74) is -2.64. The summed E-state index contributed by atoms with van der Waals surface area (Å²) in [7, 11) is 1.38. The summed E-state index contributed by atoms with van der Waals surface area (Å²) in [5.74, 6) is -5.36. The second kappa shape index (κ2) is 13.1. The molecule has 45 heavy (non-hydrogen) atoms. The first-order valence-corrected chi connectivity index (χ1v) is 13.3. The molecule has 14 heteroatoms. The Bertz CT molecular complexity index is 1500. The normalized spacial score (nSPS) is 21.9. The Hall–Kier alpha value is -4.07. The number of carbonyl (C=O) groups excluding carboxylic acids is 1. The maximum atomic E-state index is 15.1. The molecule has 242 valence electrons. The largest absolute Gasteiger partial charge is 0.497 e. The minimum atomic E-state index is -5.06. The molecule has 0 bridgehead atoms. The van der Waals surface area contributed by atoms with Crippen molar-refractivity contribution in [2.45, 2.75) is 49.4 Å². The first-order chi connectivity index (χ1) is 21.0. The van der Waals surface area contributed by atoms with Crippen LogP contribution in [0.4, 0.5) is 43.9 Å². The van der Waals surface area contributed by atoms with E-state index in [2.05, 4.69) is 10.1 Å². The minimum Gasteiger partial charge on any atom is -0.497 e. The van der Waals surface area contributed by atoms with Crippen LogP contribution in [0.5, 0.6) is 5.75 Å². The monoisotopic (exact) mass is 649 g/mol. The highest BCUT2D eigenvalue weighted by atomic mass is 19.4. The molecule has 2 aliphatic rings. The highest BCUT2D eigenvalue weighted by molar-refractivity contribution is 5.97. The van der Waals surface area contributed by atoms with Gasteiger partial charge in [0.15, 0.2) is 0 Å². The molecule has 1 N–H and O–H groups in total. The van der Waals surface area contributed by atoms with E-state index in [1.165, 1.54) is 31.4 Å². The molecule has 4 nitrogen and oxygen atoms in total. The summed E-state index contributed by atoms with van der Waals surface area (Å²) in [6.07, 6.45) is -16.6. The summed E-state index contributed by atoms with van der Waals surface area (Å²) in [5, 5.41) is 2.52. The first-order valence-electron chi connectivity index (χ1n) is 13.3. The third-order valence-electron chi connectivity index (χ3n) is 7.22. The fourth-order valence-corrected chi connectivity index (χ4v) is 5.01. The molecule has 0 aliphatic heterocycles. The average Bonchev–Trinajstić information content (AvgIpc) is 2.96. The van der Waals surface area contributed by atoms with Crippen LogP contribution in [0.2, 0.25) is 0 Å². The van der Waals surface area contributed by atoms with E-state index in [0.29, 0.717) is 23.5 Å². The van der Waals surface area contributed by atoms with E-state index in [1.54, 1.807) is 0 Å². The molecule has 0 saturated heterocycles. The fraction of sp³-hybridized carbons (Fsp3) is 0.323. The van der Waals surface area contributed by atoms with Crippen LogP contribution in [0.1, 0.15) is 17.5 Å². The van der Waals surface area contributed by atoms with Crippen LogP contribution in [0.3, 0.4) is 0 Å². The molecule has 2 aromatic carbocycles. The van der Waals surface area contributed by atoms with Crippen molar-refractivity contribution in [3.8, 4) is 5.75 Å². The molecule has 0 saturated carbocycles. The predicted molar refractivity (Wildman–Crippen MR) is 142 cm³/mol. The third-order valence-corrected chi connectivity index (χ3v) is 7.22. The van der Waals surface area contributed by atoms with Gasteiger partial charge in [0.2, 0.25) is 0 Å². The van der Waals surface area contributed by atoms with Crippen LogP contribution < -0.4 is 10.1 Å². The van der Waals surface area contributed by atoms with Crippen molar-refractivity contribution in [1.82, 2.24) is 5.32 Å². The van der Waals surface area contributed by atoms with E-state index in [0.717, 1.165) is 42.5 Å². The van der Waals surface area contributed by atoms with Gasteiger partial charge in [-0.25, -0.2) is 22.0 Å². The maximum Gasteiger partial charge on any atom is 0.417 e. The lowest BCUT2D eigenvalue weighted by molar-refractivity contribution is -0.312. The number of nitrogens with one attached hydrogen (secondary N) is 1. The molecule has 2 aliphatic carbocycles. The molecule has 4 rings (SSSR count). The highest BCUT2D eigenvalue weighted by Crippen LogP contribution is 2.41. The maximum absolute atomic E-state index is 15.1. The minimum absolute atomic E-state index is 0.000710. The number of halogens is 10. The van der Waals surface area contributed by atoms with Gasteiger partial charge < -0.3 is 14.8 Å². The Balaban J connectivity index is 1.90. The lowest BCUT2D eigenvalue weighted by Gasteiger charge is -2.39. The molecule has 0 aromatic heterocycles. The van der Waals surface area contributed by atoms with E-state index in [9.17, 15) is 44.3 Å². The predicted octanol–water partition coefficient (Wildman–Crippen LogP) is 7.83. The first kappa shape index (κ1) is 33.8. The standard InChI is InChI=1S/C31H25F10NO3/c1-44-23-9-2-17(3-10-23)16-29(19-5-7-21(32)8-6-19,20-13-22(33)15-24(14-20)45-31(40,41)28(35)36)42-27(43)18-4-11-26(34)25(12-18)30(37,38)39/h2-14,24-26,28H,15-16H2,1H3,(H,42,43)/t24?,25?,26?,29-/m0/s1. The van der Waals surface area contributed by atoms with Crippen LogP contribution >= 0.6 is 0 Å². The number of methoxy groups -OCH3 is 1. The summed E-state index contributed by atoms with van der Waals surface area (Å²) in [4.78, 5) is 13.6. The molecule has 0 spiro atoms. The molecule has 0 radical (unpaired) electrons. The Kier molecular flexibility index (Phi) is 9.85. The fourth-order valence-electron chi connectivity index (χ4n) is 5.01. The van der Waals surface area contributed by atoms with Crippen LogP contribution in [-0.4, -0.2) is 44.0 Å². The van der Waals surface area contributed by atoms with Gasteiger partial charge in [-0.15, -0.1) is 0 Å². The Morgan fingerprint density at radius 1 is 0.978 bits per heavy atom. The number of hydrogen-bond donors (Lipinski definition) is 1. The van der Waals surface area contributed by atoms with Gasteiger partial charge in [-0.05, 0) is 59.2 Å². The summed E-state index contributed by atoms with van der Waals surface area (Å²) >= 11 is 0. The second-order valence-corrected chi connectivity index (χ2v) is 10.3. The molecular weight excluding hydrogens is 624 g/mol. The van der Waals surface area contributed by atoms with Gasteiger partial charge in [0, 0.05) is 18.4 Å². The molecule has 2 aromatic rings. The number of hydrogen-bond acceptors (Lipinski definition) is 3. The summed E-state index contributed by atoms with van der Waals surface area (Å²) in [6.45, 7) is 0. The molecule has 1 amide bonds. The van der Waals surface area contributed by atoms with Crippen molar-refractivity contribution >= 4 is 5.91 Å². The van der Waals surface area contributed by atoms with Gasteiger partial charge in [0.05, 0.1) is 18.8 Å². The van der Waals surface area contributed by atoms with Crippen molar-refractivity contribution in [2.24, 2.45) is 5.92 Å². The number of benzene rings is 2. The number of ether oxygens (including phenoxy) is 2. The number of allylic oxidation sites excluding steroid dienone is 2. The number of rotatable bonds is 10. The van der Waals surface area contributed by atoms with Crippen molar-refractivity contribution in [3.05, 3.63) is 113 Å². The van der Waals surface area contributed by atoms with Crippen LogP contribution in [-0.2, 0) is 21.5 Å². The van der Waals surface area contributed by atoms with Gasteiger partial charge in [-0.1, -0.05) is 36.4 Å². The average molecular weight is 650 g/mol. The summed E-state index contributed by atoms with van der Waals surface area (Å²) < 4.78 is 147. The zero-order valence-electron chi connectivity index (χ0n) is 23.2. The van der Waals surface area contributed by atoms with Gasteiger partial charge in [0.1, 0.15) is 29.5 Å². The highest BCUT2D eigenvalue weighted by Gasteiger charge is 2.47. The van der Waals surface area contributed by atoms with Gasteiger partial charge in [0.25, 0.3) is 5.91 Å². The number of carbonyl (C=O) groups is 1. The van der Waals surface area contributed by atoms with Crippen LogP contribution in [0.15, 0.2) is 95.9 Å². The van der Waals surface area contributed by atoms with E-state index in [-0.39, 0.29) is 17.6 Å². The third kappa shape index (κ3) is 7.78. The number of amides is 1. The SMILES string of the molecule is COc1ccc(C[C@@](NC(=O)C2=CC(C(F)(F)F)C(F)C=C2)(C2=CC(OC(F)(F)C(F)F)CC(F)=C2)c2ccc(F)cc2)cc1. The van der Waals surface area contributed by atoms with Gasteiger partial charge in [-0.3, -0.25) is 4.79 Å². The van der Waals surface area contributed by atoms with E-state index < -0.39 is 72.0 Å². The quantitative estimate of drug-likeness (QED) is 0.267. The molecule has 0 fully saturated rings. The van der Waals surface area contributed by atoms with Gasteiger partial charge >= 0.3 is 18.7 Å². The zero-order chi connectivity index (χ0) is 33.2. The lowest BCUT2D eigenvalue weighted by Crippen LogP contribution is -2.50. The van der Waals surface area contributed by atoms with Crippen molar-refractivity contribution in [2.75, 3.05) is 7.11 Å². The van der Waals surface area contributed by atoms with E-state index in [1.807, 2.05) is 0 Å².